The van der Waals surface area contributed by atoms with Gasteiger partial charge in [0.2, 0.25) is 0 Å². The minimum Gasteiger partial charge on any atom is -0.478 e. The zero-order chi connectivity index (χ0) is 17.3. The topological polar surface area (TPSA) is 99.5 Å². The van der Waals surface area contributed by atoms with Gasteiger partial charge in [-0.1, -0.05) is 18.2 Å². The second-order valence-corrected chi connectivity index (χ2v) is 5.33. The van der Waals surface area contributed by atoms with Crippen LogP contribution in [0.2, 0.25) is 0 Å². The Kier molecular flexibility index (Phi) is 5.24. The molecule has 0 unspecified atom stereocenters. The third-order valence-electron chi connectivity index (χ3n) is 3.75. The first-order valence-corrected chi connectivity index (χ1v) is 7.19. The van der Waals surface area contributed by atoms with Crippen LogP contribution in [-0.4, -0.2) is 27.1 Å². The first-order valence-electron chi connectivity index (χ1n) is 7.19. The van der Waals surface area contributed by atoms with Crippen LogP contribution in [0.15, 0.2) is 48.7 Å². The van der Waals surface area contributed by atoms with Crippen LogP contribution in [0.4, 0.5) is 11.4 Å². The van der Waals surface area contributed by atoms with Gasteiger partial charge in [0.25, 0.3) is 0 Å². The van der Waals surface area contributed by atoms with Gasteiger partial charge in [0.1, 0.15) is 5.56 Å². The molecule has 0 aliphatic carbocycles. The highest BCUT2D eigenvalue weighted by Gasteiger charge is 2.17. The fraction of sp³-hybridized carbons (Fsp3) is 0.0556. The molecule has 3 N–H and O–H groups in total. The van der Waals surface area contributed by atoms with Crippen LogP contribution in [0.3, 0.4) is 0 Å². The van der Waals surface area contributed by atoms with Crippen molar-refractivity contribution in [2.24, 2.45) is 0 Å². The molecule has 3 rings (SSSR count). The van der Waals surface area contributed by atoms with Gasteiger partial charge in [-0.05, 0) is 36.8 Å². The number of pyridine rings is 1. The normalized spacial score (nSPS) is 10.1. The van der Waals surface area contributed by atoms with Crippen molar-refractivity contribution in [1.29, 1.82) is 0 Å². The molecule has 0 fully saturated rings. The number of aromatic carboxylic acids is 2. The Balaban J connectivity index is 0.00000225. The summed E-state index contributed by atoms with van der Waals surface area (Å²) in [6.45, 7) is 1.90. The summed E-state index contributed by atoms with van der Waals surface area (Å²) < 4.78 is 0. The molecule has 7 heteroatoms. The number of hydrogen-bond acceptors (Lipinski definition) is 4. The number of carboxylic acid groups (broad SMARTS) is 2. The number of halogens is 1. The lowest BCUT2D eigenvalue weighted by atomic mass is 10.1. The lowest BCUT2D eigenvalue weighted by molar-refractivity contribution is 0.0687. The van der Waals surface area contributed by atoms with Crippen molar-refractivity contribution in [2.75, 3.05) is 5.32 Å². The molecule has 128 valence electrons. The Morgan fingerprint density at radius 3 is 2.40 bits per heavy atom. The molecule has 0 saturated carbocycles. The van der Waals surface area contributed by atoms with Gasteiger partial charge in [-0.2, -0.15) is 0 Å². The average Bonchev–Trinajstić information content (AvgIpc) is 2.56. The van der Waals surface area contributed by atoms with Crippen LogP contribution < -0.4 is 5.32 Å². The zero-order valence-electron chi connectivity index (χ0n) is 13.2. The smallest absolute Gasteiger partial charge is 0.339 e. The molecule has 6 nitrogen and oxygen atoms in total. The van der Waals surface area contributed by atoms with Gasteiger partial charge in [0.05, 0.1) is 16.8 Å². The van der Waals surface area contributed by atoms with E-state index in [4.69, 9.17) is 0 Å². The van der Waals surface area contributed by atoms with Crippen molar-refractivity contribution in [1.82, 2.24) is 4.98 Å². The summed E-state index contributed by atoms with van der Waals surface area (Å²) >= 11 is 0. The summed E-state index contributed by atoms with van der Waals surface area (Å²) in [5.41, 5.74) is 2.57. The van der Waals surface area contributed by atoms with E-state index in [1.165, 1.54) is 18.3 Å². The number of anilines is 2. The van der Waals surface area contributed by atoms with Crippen molar-refractivity contribution in [2.45, 2.75) is 6.92 Å². The van der Waals surface area contributed by atoms with Crippen molar-refractivity contribution < 1.29 is 19.8 Å². The number of para-hydroxylation sites is 1. The van der Waals surface area contributed by atoms with E-state index in [-0.39, 0.29) is 23.5 Å². The van der Waals surface area contributed by atoms with Crippen molar-refractivity contribution in [3.63, 3.8) is 0 Å². The predicted octanol–water partition coefficient (Wildman–Crippen LogP) is 4.11. The Bertz CT molecular complexity index is 967. The van der Waals surface area contributed by atoms with E-state index in [0.717, 1.165) is 11.3 Å². The molecule has 25 heavy (non-hydrogen) atoms. The maximum Gasteiger partial charge on any atom is 0.339 e. The number of carboxylic acids is 2. The van der Waals surface area contributed by atoms with E-state index < -0.39 is 11.9 Å². The number of aryl methyl sites for hydroxylation is 1. The number of hydrogen-bond donors (Lipinski definition) is 3. The standard InChI is InChI=1S/C18H14N2O4.ClH/c1-10-4-2-3-5-14(10)20-16-12-8-11(17(21)22)6-7-15(12)19-9-13(16)18(23)24;/h2-9H,1H3,(H,19,20)(H,21,22)(H,23,24);1H. The van der Waals surface area contributed by atoms with Gasteiger partial charge in [-0.25, -0.2) is 9.59 Å². The van der Waals surface area contributed by atoms with Crippen LogP contribution in [0.5, 0.6) is 0 Å². The van der Waals surface area contributed by atoms with Gasteiger partial charge in [0, 0.05) is 17.3 Å². The number of aromatic nitrogens is 1. The van der Waals surface area contributed by atoms with Crippen molar-refractivity contribution in [3.8, 4) is 0 Å². The van der Waals surface area contributed by atoms with E-state index in [9.17, 15) is 19.8 Å². The number of benzene rings is 2. The monoisotopic (exact) mass is 358 g/mol. The van der Waals surface area contributed by atoms with Crippen molar-refractivity contribution >= 4 is 46.6 Å². The summed E-state index contributed by atoms with van der Waals surface area (Å²) in [5.74, 6) is -2.22. The average molecular weight is 359 g/mol. The molecular weight excluding hydrogens is 344 g/mol. The fourth-order valence-corrected chi connectivity index (χ4v) is 2.47. The largest absolute Gasteiger partial charge is 0.478 e. The van der Waals surface area contributed by atoms with Gasteiger partial charge < -0.3 is 15.5 Å². The van der Waals surface area contributed by atoms with Crippen LogP contribution in [0, 0.1) is 6.92 Å². The Labute approximate surface area is 149 Å². The lowest BCUT2D eigenvalue weighted by Gasteiger charge is -2.14. The molecule has 0 saturated heterocycles. The second kappa shape index (κ2) is 7.19. The highest BCUT2D eigenvalue weighted by atomic mass is 35.5. The summed E-state index contributed by atoms with van der Waals surface area (Å²) in [5, 5.41) is 22.2. The zero-order valence-corrected chi connectivity index (χ0v) is 14.0. The Hall–Kier alpha value is -3.12. The summed E-state index contributed by atoms with van der Waals surface area (Å²) in [7, 11) is 0. The molecule has 0 amide bonds. The highest BCUT2D eigenvalue weighted by molar-refractivity contribution is 6.07. The van der Waals surface area contributed by atoms with Gasteiger partial charge in [-0.3, -0.25) is 4.98 Å². The Morgan fingerprint density at radius 2 is 1.76 bits per heavy atom. The van der Waals surface area contributed by atoms with E-state index in [0.29, 0.717) is 16.6 Å². The van der Waals surface area contributed by atoms with Crippen LogP contribution in [0.25, 0.3) is 10.9 Å². The third kappa shape index (κ3) is 3.54. The number of nitrogens with one attached hydrogen (secondary N) is 1. The summed E-state index contributed by atoms with van der Waals surface area (Å²) in [6.07, 6.45) is 1.27. The van der Waals surface area contributed by atoms with Crippen LogP contribution in [0.1, 0.15) is 26.3 Å². The molecule has 0 aliphatic rings. The number of fused-ring (bicyclic) bond motifs is 1. The van der Waals surface area contributed by atoms with Crippen LogP contribution >= 0.6 is 12.4 Å². The summed E-state index contributed by atoms with van der Waals surface area (Å²) in [6, 6.07) is 11.9. The van der Waals surface area contributed by atoms with E-state index in [1.54, 1.807) is 6.07 Å². The molecule has 2 aromatic carbocycles. The molecule has 1 aromatic heterocycles. The molecule has 0 spiro atoms. The predicted molar refractivity (Wildman–Crippen MR) is 97.4 cm³/mol. The molecule has 1 heterocycles. The first-order chi connectivity index (χ1) is 11.5. The molecule has 3 aromatic rings. The number of rotatable bonds is 4. The lowest BCUT2D eigenvalue weighted by Crippen LogP contribution is -2.06. The minimum atomic E-state index is -1.14. The highest BCUT2D eigenvalue weighted by Crippen LogP contribution is 2.31. The maximum absolute atomic E-state index is 11.6. The number of carbonyl (C=O) groups is 2. The SMILES string of the molecule is Cc1ccccc1Nc1c(C(=O)O)cnc2ccc(C(=O)O)cc12.Cl. The number of nitrogens with zero attached hydrogens (tertiary/aromatic N) is 1. The third-order valence-corrected chi connectivity index (χ3v) is 3.75. The molecule has 0 aliphatic heterocycles. The second-order valence-electron chi connectivity index (χ2n) is 5.33. The van der Waals surface area contributed by atoms with Gasteiger partial charge in [0.15, 0.2) is 0 Å². The Morgan fingerprint density at radius 1 is 1.04 bits per heavy atom. The fourth-order valence-electron chi connectivity index (χ4n) is 2.47. The minimum absolute atomic E-state index is 0. The maximum atomic E-state index is 11.6. The van der Waals surface area contributed by atoms with E-state index >= 15 is 0 Å². The molecule has 0 bridgehead atoms. The summed E-state index contributed by atoms with van der Waals surface area (Å²) in [4.78, 5) is 26.9. The van der Waals surface area contributed by atoms with E-state index in [1.807, 2.05) is 31.2 Å². The first kappa shape index (κ1) is 18.2. The van der Waals surface area contributed by atoms with Gasteiger partial charge >= 0.3 is 11.9 Å². The molecule has 0 atom stereocenters. The van der Waals surface area contributed by atoms with E-state index in [2.05, 4.69) is 10.3 Å². The molecule has 0 radical (unpaired) electrons. The van der Waals surface area contributed by atoms with Crippen molar-refractivity contribution in [3.05, 3.63) is 65.4 Å². The van der Waals surface area contributed by atoms with Gasteiger partial charge in [-0.15, -0.1) is 12.4 Å². The van der Waals surface area contributed by atoms with Crippen LogP contribution in [-0.2, 0) is 0 Å². The quantitative estimate of drug-likeness (QED) is 0.649. The molecular formula is C18H15ClN2O4.